The fraction of sp³-hybridized carbons (Fsp3) is 0.500. The van der Waals surface area contributed by atoms with Crippen molar-refractivity contribution in [2.24, 2.45) is 0 Å². The van der Waals surface area contributed by atoms with Crippen LogP contribution in [0.4, 0.5) is 0 Å². The van der Waals surface area contributed by atoms with E-state index in [4.69, 9.17) is 10.00 Å². The Labute approximate surface area is 97.9 Å². The Morgan fingerprint density at radius 3 is 2.50 bits per heavy atom. The molecule has 2 nitrogen and oxygen atoms in total. The van der Waals surface area contributed by atoms with Crippen LogP contribution in [0.5, 0.6) is 5.75 Å². The molecule has 0 atom stereocenters. The number of rotatable bonds is 7. The van der Waals surface area contributed by atoms with Gasteiger partial charge in [-0.3, -0.25) is 0 Å². The summed E-state index contributed by atoms with van der Waals surface area (Å²) in [6.45, 7) is 2.89. The van der Waals surface area contributed by atoms with Crippen LogP contribution in [0, 0.1) is 11.3 Å². The van der Waals surface area contributed by atoms with Crippen molar-refractivity contribution in [3.8, 4) is 11.8 Å². The Morgan fingerprint density at radius 1 is 1.12 bits per heavy atom. The summed E-state index contributed by atoms with van der Waals surface area (Å²) in [5, 5.41) is 8.37. The second-order valence-corrected chi connectivity index (χ2v) is 3.81. The van der Waals surface area contributed by atoms with Crippen molar-refractivity contribution in [2.75, 3.05) is 6.61 Å². The second-order valence-electron chi connectivity index (χ2n) is 3.81. The largest absolute Gasteiger partial charge is 0.494 e. The summed E-state index contributed by atoms with van der Waals surface area (Å²) in [5.74, 6) is 0.942. The molecule has 0 saturated carbocycles. The average molecular weight is 217 g/mol. The van der Waals surface area contributed by atoms with Gasteiger partial charge in [0.15, 0.2) is 0 Å². The molecule has 0 saturated heterocycles. The summed E-state index contributed by atoms with van der Waals surface area (Å²) in [5.41, 5.74) is 1.33. The molecule has 2 heteroatoms. The summed E-state index contributed by atoms with van der Waals surface area (Å²) in [7, 11) is 0. The van der Waals surface area contributed by atoms with Gasteiger partial charge < -0.3 is 4.74 Å². The van der Waals surface area contributed by atoms with Crippen LogP contribution in [0.15, 0.2) is 24.3 Å². The number of hydrogen-bond acceptors (Lipinski definition) is 2. The van der Waals surface area contributed by atoms with Crippen molar-refractivity contribution < 1.29 is 4.74 Å². The molecule has 0 aromatic heterocycles. The van der Waals surface area contributed by atoms with Crippen molar-refractivity contribution in [3.05, 3.63) is 29.8 Å². The first-order valence-electron chi connectivity index (χ1n) is 5.95. The third-order valence-electron chi connectivity index (χ3n) is 2.53. The van der Waals surface area contributed by atoms with Gasteiger partial charge in [0.2, 0.25) is 0 Å². The Hall–Kier alpha value is -1.49. The van der Waals surface area contributed by atoms with Gasteiger partial charge in [-0.15, -0.1) is 0 Å². The highest BCUT2D eigenvalue weighted by atomic mass is 16.5. The molecule has 0 aliphatic heterocycles. The summed E-state index contributed by atoms with van der Waals surface area (Å²) < 4.78 is 5.60. The van der Waals surface area contributed by atoms with E-state index in [1.807, 2.05) is 12.1 Å². The number of hydrogen-bond donors (Lipinski definition) is 0. The van der Waals surface area contributed by atoms with Crippen LogP contribution < -0.4 is 4.74 Å². The fourth-order valence-corrected chi connectivity index (χ4v) is 1.49. The predicted octanol–water partition coefficient (Wildman–Crippen LogP) is 3.71. The zero-order valence-electron chi connectivity index (χ0n) is 9.91. The highest BCUT2D eigenvalue weighted by Crippen LogP contribution is 2.13. The van der Waals surface area contributed by atoms with Crippen LogP contribution in [-0.2, 0) is 6.42 Å². The van der Waals surface area contributed by atoms with Gasteiger partial charge in [-0.05, 0) is 43.4 Å². The van der Waals surface area contributed by atoms with Crippen molar-refractivity contribution >= 4 is 0 Å². The monoisotopic (exact) mass is 217 g/mol. The standard InChI is InChI=1S/C14H19NO/c1-2-13-7-9-14(10-8-13)16-12-6-4-3-5-11-15/h7-10H,2-6,12H2,1H3. The van der Waals surface area contributed by atoms with Crippen LogP contribution in [0.1, 0.15) is 38.2 Å². The Kier molecular flexibility index (Phi) is 6.10. The molecule has 0 radical (unpaired) electrons. The number of unbranched alkanes of at least 4 members (excludes halogenated alkanes) is 3. The van der Waals surface area contributed by atoms with E-state index in [9.17, 15) is 0 Å². The first-order valence-corrected chi connectivity index (χ1v) is 5.95. The molecule has 1 aromatic rings. The van der Waals surface area contributed by atoms with Gasteiger partial charge in [0.25, 0.3) is 0 Å². The van der Waals surface area contributed by atoms with Gasteiger partial charge in [0, 0.05) is 6.42 Å². The van der Waals surface area contributed by atoms with E-state index in [-0.39, 0.29) is 0 Å². The van der Waals surface area contributed by atoms with Gasteiger partial charge >= 0.3 is 0 Å². The quantitative estimate of drug-likeness (QED) is 0.652. The SMILES string of the molecule is CCc1ccc(OCCCCCC#N)cc1. The lowest BCUT2D eigenvalue weighted by atomic mass is 10.2. The first-order chi connectivity index (χ1) is 7.86. The molecule has 86 valence electrons. The van der Waals surface area contributed by atoms with Crippen molar-refractivity contribution in [3.63, 3.8) is 0 Å². The van der Waals surface area contributed by atoms with E-state index in [0.717, 1.165) is 38.0 Å². The summed E-state index contributed by atoms with van der Waals surface area (Å²) in [6.07, 6.45) is 4.80. The van der Waals surface area contributed by atoms with Crippen LogP contribution >= 0.6 is 0 Å². The van der Waals surface area contributed by atoms with Crippen LogP contribution in [0.3, 0.4) is 0 Å². The van der Waals surface area contributed by atoms with Crippen LogP contribution in [-0.4, -0.2) is 6.61 Å². The fourth-order valence-electron chi connectivity index (χ4n) is 1.49. The lowest BCUT2D eigenvalue weighted by molar-refractivity contribution is 0.305. The first kappa shape index (κ1) is 12.6. The molecule has 16 heavy (non-hydrogen) atoms. The van der Waals surface area contributed by atoms with E-state index < -0.39 is 0 Å². The molecule has 0 bridgehead atoms. The van der Waals surface area contributed by atoms with Gasteiger partial charge in [-0.1, -0.05) is 19.1 Å². The lowest BCUT2D eigenvalue weighted by Crippen LogP contribution is -1.97. The summed E-state index contributed by atoms with van der Waals surface area (Å²) in [6, 6.07) is 10.4. The maximum Gasteiger partial charge on any atom is 0.119 e. The molecular formula is C14H19NO. The van der Waals surface area contributed by atoms with Gasteiger partial charge in [0.05, 0.1) is 12.7 Å². The molecule has 0 spiro atoms. The topological polar surface area (TPSA) is 33.0 Å². The lowest BCUT2D eigenvalue weighted by Gasteiger charge is -2.06. The molecule has 0 amide bonds. The molecule has 0 N–H and O–H groups in total. The second kappa shape index (κ2) is 7.76. The number of ether oxygens (including phenoxy) is 1. The van der Waals surface area contributed by atoms with Gasteiger partial charge in [0.1, 0.15) is 5.75 Å². The zero-order chi connectivity index (χ0) is 11.6. The molecule has 0 unspecified atom stereocenters. The minimum absolute atomic E-state index is 0.658. The van der Waals surface area contributed by atoms with Crippen molar-refractivity contribution in [1.29, 1.82) is 5.26 Å². The van der Waals surface area contributed by atoms with Crippen molar-refractivity contribution in [2.45, 2.75) is 39.0 Å². The zero-order valence-corrected chi connectivity index (χ0v) is 9.91. The van der Waals surface area contributed by atoms with Gasteiger partial charge in [-0.2, -0.15) is 5.26 Å². The molecular weight excluding hydrogens is 198 g/mol. The van der Waals surface area contributed by atoms with Crippen LogP contribution in [0.25, 0.3) is 0 Å². The summed E-state index contributed by atoms with van der Waals surface area (Å²) >= 11 is 0. The average Bonchev–Trinajstić information content (AvgIpc) is 2.34. The number of nitrogens with zero attached hydrogens (tertiary/aromatic N) is 1. The Bertz CT molecular complexity index is 324. The third kappa shape index (κ3) is 4.84. The molecule has 0 aliphatic carbocycles. The molecule has 1 aromatic carbocycles. The van der Waals surface area contributed by atoms with E-state index in [1.54, 1.807) is 0 Å². The number of nitriles is 1. The Morgan fingerprint density at radius 2 is 1.88 bits per heavy atom. The highest BCUT2D eigenvalue weighted by Gasteiger charge is 1.94. The summed E-state index contributed by atoms with van der Waals surface area (Å²) in [4.78, 5) is 0. The maximum atomic E-state index is 8.37. The van der Waals surface area contributed by atoms with Gasteiger partial charge in [-0.25, -0.2) is 0 Å². The molecule has 0 aliphatic rings. The van der Waals surface area contributed by atoms with Crippen molar-refractivity contribution in [1.82, 2.24) is 0 Å². The number of aryl methyl sites for hydroxylation is 1. The Balaban J connectivity index is 2.15. The number of benzene rings is 1. The highest BCUT2D eigenvalue weighted by molar-refractivity contribution is 5.27. The predicted molar refractivity (Wildman–Crippen MR) is 65.4 cm³/mol. The van der Waals surface area contributed by atoms with E-state index in [0.29, 0.717) is 6.42 Å². The van der Waals surface area contributed by atoms with E-state index >= 15 is 0 Å². The minimum atomic E-state index is 0.658. The normalized spacial score (nSPS) is 9.75. The van der Waals surface area contributed by atoms with Crippen LogP contribution in [0.2, 0.25) is 0 Å². The molecule has 0 fully saturated rings. The molecule has 0 heterocycles. The minimum Gasteiger partial charge on any atom is -0.494 e. The van der Waals surface area contributed by atoms with E-state index in [1.165, 1.54) is 5.56 Å². The molecule has 1 rings (SSSR count). The van der Waals surface area contributed by atoms with E-state index in [2.05, 4.69) is 25.1 Å². The third-order valence-corrected chi connectivity index (χ3v) is 2.53. The smallest absolute Gasteiger partial charge is 0.119 e. The maximum absolute atomic E-state index is 8.37.